The van der Waals surface area contributed by atoms with Gasteiger partial charge in [-0.05, 0) is 80.5 Å². The Bertz CT molecular complexity index is 1380. The van der Waals surface area contributed by atoms with E-state index in [2.05, 4.69) is 16.0 Å². The number of fused-ring (bicyclic) bond motifs is 4. The third-order valence-electron chi connectivity index (χ3n) is 6.83. The number of nitrogens with zero attached hydrogens (tertiary/aromatic N) is 3. The van der Waals surface area contributed by atoms with Crippen LogP contribution in [0.1, 0.15) is 41.3 Å². The Kier molecular flexibility index (Phi) is 4.71. The number of amides is 2. The predicted molar refractivity (Wildman–Crippen MR) is 131 cm³/mol. The van der Waals surface area contributed by atoms with Crippen LogP contribution in [0, 0.1) is 12.8 Å². The molecule has 0 radical (unpaired) electrons. The second kappa shape index (κ2) is 7.57. The molecule has 2 aromatic rings. The second-order valence-electron chi connectivity index (χ2n) is 9.27. The molecule has 3 aliphatic heterocycles. The van der Waals surface area contributed by atoms with Gasteiger partial charge in [0, 0.05) is 22.8 Å². The number of aryl methyl sites for hydroxylation is 1. The quantitative estimate of drug-likeness (QED) is 0.653. The van der Waals surface area contributed by atoms with Gasteiger partial charge in [-0.3, -0.25) is 14.5 Å². The van der Waals surface area contributed by atoms with Gasteiger partial charge < -0.3 is 15.3 Å². The van der Waals surface area contributed by atoms with Gasteiger partial charge in [-0.25, -0.2) is 4.99 Å². The number of anilines is 3. The van der Waals surface area contributed by atoms with Crippen LogP contribution < -0.4 is 15.1 Å². The number of hydrogen-bond donors (Lipinski definition) is 2. The number of rotatable bonds is 3. The van der Waals surface area contributed by atoms with Gasteiger partial charge in [-0.15, -0.1) is 0 Å². The Hall–Kier alpha value is -3.38. The van der Waals surface area contributed by atoms with Crippen LogP contribution >= 0.6 is 11.6 Å². The van der Waals surface area contributed by atoms with Crippen LogP contribution in [0.3, 0.4) is 0 Å². The van der Waals surface area contributed by atoms with E-state index >= 15 is 0 Å². The van der Waals surface area contributed by atoms with Gasteiger partial charge in [0.25, 0.3) is 11.8 Å². The smallest absolute Gasteiger partial charge is 0.292 e. The minimum absolute atomic E-state index is 0.127. The third-order valence-corrected chi connectivity index (χ3v) is 7.07. The van der Waals surface area contributed by atoms with Crippen LogP contribution in [0.25, 0.3) is 0 Å². The van der Waals surface area contributed by atoms with Crippen LogP contribution in [0.2, 0.25) is 5.02 Å². The van der Waals surface area contributed by atoms with E-state index in [-0.39, 0.29) is 23.6 Å². The molecule has 172 valence electrons. The lowest BCUT2D eigenvalue weighted by Crippen LogP contribution is -2.47. The van der Waals surface area contributed by atoms with Gasteiger partial charge in [0.05, 0.1) is 22.8 Å². The van der Waals surface area contributed by atoms with Crippen molar-refractivity contribution in [2.24, 2.45) is 10.9 Å². The highest BCUT2D eigenvalue weighted by Crippen LogP contribution is 2.43. The number of benzene rings is 2. The van der Waals surface area contributed by atoms with E-state index in [0.29, 0.717) is 39.9 Å². The lowest BCUT2D eigenvalue weighted by molar-refractivity contribution is -0.110. The van der Waals surface area contributed by atoms with E-state index in [1.165, 1.54) is 0 Å². The average molecular weight is 475 g/mol. The van der Waals surface area contributed by atoms with E-state index in [9.17, 15) is 14.7 Å². The van der Waals surface area contributed by atoms with Crippen LogP contribution in [0.5, 0.6) is 0 Å². The molecule has 2 aromatic carbocycles. The first kappa shape index (κ1) is 21.2. The number of hydrogen-bond acceptors (Lipinski definition) is 5. The monoisotopic (exact) mass is 474 g/mol. The van der Waals surface area contributed by atoms with Crippen molar-refractivity contribution in [2.75, 3.05) is 21.7 Å². The van der Waals surface area contributed by atoms with Gasteiger partial charge in [0.15, 0.2) is 0 Å². The molecule has 1 atom stereocenters. The van der Waals surface area contributed by atoms with Crippen LogP contribution in [0.15, 0.2) is 52.4 Å². The number of aliphatic hydroxyl groups is 1. The molecule has 2 N–H and O–H groups in total. The number of carbonyl (C=O) groups excluding carboxylic acids is 2. The summed E-state index contributed by atoms with van der Waals surface area (Å²) in [5, 5.41) is 14.5. The Morgan fingerprint density at radius 1 is 1.24 bits per heavy atom. The van der Waals surface area contributed by atoms with E-state index in [1.807, 2.05) is 25.1 Å². The molecular formula is C26H23ClN4O3. The molecule has 1 aliphatic carbocycles. The molecule has 0 aromatic heterocycles. The first-order valence-electron chi connectivity index (χ1n) is 11.4. The summed E-state index contributed by atoms with van der Waals surface area (Å²) in [6.45, 7) is 4.22. The average Bonchev–Trinajstić information content (AvgIpc) is 3.57. The standard InChI is InChI=1S/C26H23ClN4O3/c1-13-9-21-19(12-18(13)26(34)30-8-7-16-11-17(27)5-6-20(16)30)29-25(33)24-28-14(2)10-22(31(21)24)23(32)15-3-4-15/h5-6,9,11-12,15,23,32H,3-4,7-8H2,1-2H3,(H,29,33). The molecule has 1 fully saturated rings. The molecule has 6 rings (SSSR count). The van der Waals surface area contributed by atoms with Gasteiger partial charge in [0.2, 0.25) is 5.84 Å². The Labute approximate surface area is 202 Å². The van der Waals surface area contributed by atoms with E-state index < -0.39 is 6.10 Å². The van der Waals surface area contributed by atoms with Crippen molar-refractivity contribution in [1.82, 2.24) is 0 Å². The Balaban J connectivity index is 1.42. The number of nitrogens with one attached hydrogen (secondary N) is 1. The Morgan fingerprint density at radius 2 is 2.03 bits per heavy atom. The largest absolute Gasteiger partial charge is 0.386 e. The molecule has 7 nitrogen and oxygen atoms in total. The van der Waals surface area contributed by atoms with E-state index in [4.69, 9.17) is 11.6 Å². The van der Waals surface area contributed by atoms with Gasteiger partial charge in [-0.1, -0.05) is 17.3 Å². The summed E-state index contributed by atoms with van der Waals surface area (Å²) in [5.74, 6) is -0.133. The highest BCUT2D eigenvalue weighted by Gasteiger charge is 2.41. The maximum absolute atomic E-state index is 13.6. The summed E-state index contributed by atoms with van der Waals surface area (Å²) < 4.78 is 0. The normalized spacial score (nSPS) is 19.4. The predicted octanol–water partition coefficient (Wildman–Crippen LogP) is 4.18. The molecule has 1 saturated carbocycles. The van der Waals surface area contributed by atoms with Gasteiger partial charge >= 0.3 is 0 Å². The minimum Gasteiger partial charge on any atom is -0.386 e. The highest BCUT2D eigenvalue weighted by atomic mass is 35.5. The summed E-state index contributed by atoms with van der Waals surface area (Å²) in [7, 11) is 0. The van der Waals surface area contributed by atoms with Crippen molar-refractivity contribution in [2.45, 2.75) is 39.2 Å². The zero-order valence-electron chi connectivity index (χ0n) is 18.9. The summed E-state index contributed by atoms with van der Waals surface area (Å²) in [4.78, 5) is 34.4. The van der Waals surface area contributed by atoms with Crippen molar-refractivity contribution >= 4 is 46.3 Å². The first-order chi connectivity index (χ1) is 16.3. The van der Waals surface area contributed by atoms with Crippen molar-refractivity contribution in [3.05, 3.63) is 69.2 Å². The van der Waals surface area contributed by atoms with Crippen LogP contribution in [0.4, 0.5) is 17.1 Å². The fourth-order valence-electron chi connectivity index (χ4n) is 4.94. The van der Waals surface area contributed by atoms with Crippen LogP contribution in [-0.2, 0) is 11.2 Å². The van der Waals surface area contributed by atoms with Crippen molar-refractivity contribution in [3.63, 3.8) is 0 Å². The summed E-state index contributed by atoms with van der Waals surface area (Å²) in [6.07, 6.45) is 1.91. The number of aliphatic imine (C=N–C) groups is 1. The highest BCUT2D eigenvalue weighted by molar-refractivity contribution is 6.50. The van der Waals surface area contributed by atoms with Crippen molar-refractivity contribution in [1.29, 1.82) is 0 Å². The second-order valence-corrected chi connectivity index (χ2v) is 9.70. The summed E-state index contributed by atoms with van der Waals surface area (Å²) in [6, 6.07) is 9.16. The number of amidine groups is 1. The zero-order valence-corrected chi connectivity index (χ0v) is 19.6. The molecule has 1 unspecified atom stereocenters. The number of halogens is 1. The van der Waals surface area contributed by atoms with E-state index in [1.54, 1.807) is 28.9 Å². The molecule has 0 saturated heterocycles. The molecule has 0 spiro atoms. The van der Waals surface area contributed by atoms with E-state index in [0.717, 1.165) is 36.1 Å². The van der Waals surface area contributed by atoms with Gasteiger partial charge in [-0.2, -0.15) is 0 Å². The number of aliphatic hydroxyl groups excluding tert-OH is 1. The molecule has 34 heavy (non-hydrogen) atoms. The Morgan fingerprint density at radius 3 is 2.79 bits per heavy atom. The fourth-order valence-corrected chi connectivity index (χ4v) is 5.14. The van der Waals surface area contributed by atoms with Gasteiger partial charge in [0.1, 0.15) is 6.10 Å². The number of carbonyl (C=O) groups is 2. The molecular weight excluding hydrogens is 452 g/mol. The zero-order chi connectivity index (χ0) is 23.7. The molecule has 3 heterocycles. The SMILES string of the molecule is CC1=C=C(C(O)C2CC2)N2C(=N1)C(=O)Nc1cc(C(=O)N3CCc4cc(Cl)ccc43)c(C)cc12. The molecule has 4 aliphatic rings. The lowest BCUT2D eigenvalue weighted by atomic mass is 10.00. The molecule has 0 bridgehead atoms. The third kappa shape index (κ3) is 3.28. The summed E-state index contributed by atoms with van der Waals surface area (Å²) in [5.41, 5.74) is 8.63. The van der Waals surface area contributed by atoms with Crippen molar-refractivity contribution < 1.29 is 14.7 Å². The minimum atomic E-state index is -0.728. The maximum atomic E-state index is 13.6. The van der Waals surface area contributed by atoms with Crippen molar-refractivity contribution in [3.8, 4) is 0 Å². The molecule has 8 heteroatoms. The first-order valence-corrected chi connectivity index (χ1v) is 11.8. The molecule has 2 amide bonds. The summed E-state index contributed by atoms with van der Waals surface area (Å²) >= 11 is 6.12. The lowest BCUT2D eigenvalue weighted by Gasteiger charge is -2.36. The van der Waals surface area contributed by atoms with Crippen LogP contribution in [-0.4, -0.2) is 35.4 Å². The maximum Gasteiger partial charge on any atom is 0.292 e. The fraction of sp³-hybridized carbons (Fsp3) is 0.308. The topological polar surface area (TPSA) is 85.2 Å².